The average Bonchev–Trinajstić information content (AvgIpc) is 3.15. The Kier molecular flexibility index (Phi) is 9.45. The SMILES string of the molecule is CCOc1ccc(Cn2c(CN(CC)CC)nc3cc(OCC)c(OCC)cc32)cc1OCC. The van der Waals surface area contributed by atoms with E-state index in [0.29, 0.717) is 33.0 Å². The van der Waals surface area contributed by atoms with Gasteiger partial charge >= 0.3 is 0 Å². The molecule has 1 aromatic heterocycles. The molecule has 7 heteroatoms. The lowest BCUT2D eigenvalue weighted by atomic mass is 10.2. The first kappa shape index (κ1) is 25.7. The number of ether oxygens (including phenoxy) is 4. The Morgan fingerprint density at radius 1 is 0.706 bits per heavy atom. The van der Waals surface area contributed by atoms with Crippen molar-refractivity contribution < 1.29 is 18.9 Å². The number of imidazole rings is 1. The van der Waals surface area contributed by atoms with E-state index in [0.717, 1.165) is 65.1 Å². The summed E-state index contributed by atoms with van der Waals surface area (Å²) in [6, 6.07) is 10.2. The van der Waals surface area contributed by atoms with Gasteiger partial charge in [0.2, 0.25) is 0 Å². The third kappa shape index (κ3) is 5.95. The van der Waals surface area contributed by atoms with E-state index in [1.807, 2.05) is 39.8 Å². The summed E-state index contributed by atoms with van der Waals surface area (Å²) in [6.07, 6.45) is 0. The third-order valence-corrected chi connectivity index (χ3v) is 5.70. The van der Waals surface area contributed by atoms with E-state index in [4.69, 9.17) is 23.9 Å². The molecule has 3 aromatic rings. The zero-order chi connectivity index (χ0) is 24.5. The van der Waals surface area contributed by atoms with Crippen molar-refractivity contribution in [1.82, 2.24) is 14.5 Å². The van der Waals surface area contributed by atoms with E-state index in [1.165, 1.54) is 0 Å². The first-order chi connectivity index (χ1) is 16.6. The van der Waals surface area contributed by atoms with Crippen LogP contribution in [0.5, 0.6) is 23.0 Å². The Balaban J connectivity index is 2.10. The fraction of sp³-hybridized carbons (Fsp3) is 0.519. The zero-order valence-electron chi connectivity index (χ0n) is 21.5. The monoisotopic (exact) mass is 469 g/mol. The standard InChI is InChI=1S/C27H39N3O4/c1-7-29(8-2)19-27-28-21-16-25(33-11-5)26(34-12-6)17-22(21)30(27)18-20-13-14-23(31-9-3)24(15-20)32-10-4/h13-17H,7-12,18-19H2,1-6H3. The molecule has 0 saturated carbocycles. The van der Waals surface area contributed by atoms with Crippen LogP contribution < -0.4 is 18.9 Å². The summed E-state index contributed by atoms with van der Waals surface area (Å²) in [7, 11) is 0. The summed E-state index contributed by atoms with van der Waals surface area (Å²) in [5, 5.41) is 0. The maximum Gasteiger partial charge on any atom is 0.163 e. The van der Waals surface area contributed by atoms with Gasteiger partial charge in [0.15, 0.2) is 23.0 Å². The molecular formula is C27H39N3O4. The fourth-order valence-electron chi connectivity index (χ4n) is 4.04. The third-order valence-electron chi connectivity index (χ3n) is 5.70. The van der Waals surface area contributed by atoms with Gasteiger partial charge < -0.3 is 23.5 Å². The molecule has 7 nitrogen and oxygen atoms in total. The number of rotatable bonds is 14. The van der Waals surface area contributed by atoms with Crippen molar-refractivity contribution >= 4 is 11.0 Å². The van der Waals surface area contributed by atoms with Crippen LogP contribution in [0.25, 0.3) is 11.0 Å². The molecular weight excluding hydrogens is 430 g/mol. The summed E-state index contributed by atoms with van der Waals surface area (Å²) in [4.78, 5) is 7.39. The van der Waals surface area contributed by atoms with Crippen molar-refractivity contribution in [1.29, 1.82) is 0 Å². The molecule has 34 heavy (non-hydrogen) atoms. The lowest BCUT2D eigenvalue weighted by molar-refractivity contribution is 0.284. The Bertz CT molecular complexity index is 1060. The van der Waals surface area contributed by atoms with Crippen molar-refractivity contribution in [2.75, 3.05) is 39.5 Å². The van der Waals surface area contributed by atoms with Crippen molar-refractivity contribution in [3.8, 4) is 23.0 Å². The second-order valence-corrected chi connectivity index (χ2v) is 7.88. The van der Waals surface area contributed by atoms with Crippen LogP contribution in [0, 0.1) is 0 Å². The molecule has 0 radical (unpaired) electrons. The summed E-state index contributed by atoms with van der Waals surface area (Å²) < 4.78 is 25.7. The predicted octanol–water partition coefficient (Wildman–Crippen LogP) is 5.52. The minimum Gasteiger partial charge on any atom is -0.490 e. The van der Waals surface area contributed by atoms with Gasteiger partial charge in [-0.2, -0.15) is 0 Å². The van der Waals surface area contributed by atoms with E-state index >= 15 is 0 Å². The van der Waals surface area contributed by atoms with Crippen LogP contribution in [-0.4, -0.2) is 54.0 Å². The van der Waals surface area contributed by atoms with Crippen LogP contribution >= 0.6 is 0 Å². The Morgan fingerprint density at radius 3 is 1.85 bits per heavy atom. The molecule has 186 valence electrons. The van der Waals surface area contributed by atoms with Gasteiger partial charge in [-0.15, -0.1) is 0 Å². The van der Waals surface area contributed by atoms with Crippen LogP contribution in [-0.2, 0) is 13.1 Å². The normalized spacial score (nSPS) is 11.3. The quantitative estimate of drug-likeness (QED) is 0.310. The number of nitrogens with zero attached hydrogens (tertiary/aromatic N) is 3. The van der Waals surface area contributed by atoms with Crippen molar-refractivity contribution in [3.63, 3.8) is 0 Å². The average molecular weight is 470 g/mol. The van der Waals surface area contributed by atoms with Crippen LogP contribution in [0.4, 0.5) is 0 Å². The van der Waals surface area contributed by atoms with Gasteiger partial charge in [0, 0.05) is 18.7 Å². The molecule has 0 aliphatic rings. The Labute approximate surface area is 203 Å². The molecule has 0 saturated heterocycles. The van der Waals surface area contributed by atoms with Crippen LogP contribution in [0.1, 0.15) is 52.9 Å². The number of hydrogen-bond acceptors (Lipinski definition) is 6. The molecule has 0 unspecified atom stereocenters. The maximum absolute atomic E-state index is 5.92. The maximum atomic E-state index is 5.92. The van der Waals surface area contributed by atoms with Crippen molar-refractivity contribution in [2.24, 2.45) is 0 Å². The second-order valence-electron chi connectivity index (χ2n) is 7.88. The smallest absolute Gasteiger partial charge is 0.163 e. The molecule has 0 fully saturated rings. The number of fused-ring (bicyclic) bond motifs is 1. The van der Waals surface area contributed by atoms with Crippen LogP contribution in [0.15, 0.2) is 30.3 Å². The fourth-order valence-corrected chi connectivity index (χ4v) is 4.04. The minimum atomic E-state index is 0.572. The second kappa shape index (κ2) is 12.5. The van der Waals surface area contributed by atoms with E-state index in [2.05, 4.69) is 41.5 Å². The van der Waals surface area contributed by atoms with Gasteiger partial charge in [-0.25, -0.2) is 4.98 Å². The van der Waals surface area contributed by atoms with Gasteiger partial charge in [0.05, 0.1) is 44.0 Å². The Morgan fingerprint density at radius 2 is 1.26 bits per heavy atom. The number of benzene rings is 2. The number of aromatic nitrogens is 2. The van der Waals surface area contributed by atoms with E-state index < -0.39 is 0 Å². The van der Waals surface area contributed by atoms with Crippen molar-refractivity contribution in [2.45, 2.75) is 54.6 Å². The van der Waals surface area contributed by atoms with Gasteiger partial charge in [-0.3, -0.25) is 4.90 Å². The summed E-state index contributed by atoms with van der Waals surface area (Å²) in [5.74, 6) is 4.03. The molecule has 0 N–H and O–H groups in total. The molecule has 2 aromatic carbocycles. The van der Waals surface area contributed by atoms with Gasteiger partial charge in [0.1, 0.15) is 5.82 Å². The Hall–Kier alpha value is -2.93. The highest BCUT2D eigenvalue weighted by atomic mass is 16.5. The first-order valence-corrected chi connectivity index (χ1v) is 12.5. The summed E-state index contributed by atoms with van der Waals surface area (Å²) in [5.41, 5.74) is 3.06. The molecule has 0 aliphatic heterocycles. The molecule has 0 atom stereocenters. The minimum absolute atomic E-state index is 0.572. The highest BCUT2D eigenvalue weighted by Crippen LogP contribution is 2.34. The highest BCUT2D eigenvalue weighted by Gasteiger charge is 2.18. The van der Waals surface area contributed by atoms with Crippen LogP contribution in [0.3, 0.4) is 0 Å². The topological polar surface area (TPSA) is 58.0 Å². The molecule has 0 spiro atoms. The molecule has 1 heterocycles. The molecule has 3 rings (SSSR count). The molecule has 0 amide bonds. The van der Waals surface area contributed by atoms with Gasteiger partial charge in [-0.05, 0) is 58.5 Å². The summed E-state index contributed by atoms with van der Waals surface area (Å²) >= 11 is 0. The van der Waals surface area contributed by atoms with Crippen molar-refractivity contribution in [3.05, 3.63) is 41.7 Å². The predicted molar refractivity (Wildman–Crippen MR) is 137 cm³/mol. The lowest BCUT2D eigenvalue weighted by Gasteiger charge is -2.19. The van der Waals surface area contributed by atoms with E-state index in [9.17, 15) is 0 Å². The molecule has 0 aliphatic carbocycles. The van der Waals surface area contributed by atoms with Crippen LogP contribution in [0.2, 0.25) is 0 Å². The summed E-state index contributed by atoms with van der Waals surface area (Å²) in [6.45, 7) is 18.0. The lowest BCUT2D eigenvalue weighted by Crippen LogP contribution is -2.24. The van der Waals surface area contributed by atoms with Gasteiger partial charge in [0.25, 0.3) is 0 Å². The first-order valence-electron chi connectivity index (χ1n) is 12.5. The molecule has 0 bridgehead atoms. The zero-order valence-corrected chi connectivity index (χ0v) is 21.5. The van der Waals surface area contributed by atoms with E-state index in [1.54, 1.807) is 0 Å². The van der Waals surface area contributed by atoms with E-state index in [-0.39, 0.29) is 0 Å². The highest BCUT2D eigenvalue weighted by molar-refractivity contribution is 5.81. The number of hydrogen-bond donors (Lipinski definition) is 0. The van der Waals surface area contributed by atoms with Gasteiger partial charge in [-0.1, -0.05) is 19.9 Å². The largest absolute Gasteiger partial charge is 0.490 e.